The molecule has 3 unspecified atom stereocenters. The molecule has 0 fully saturated rings. The van der Waals surface area contributed by atoms with Gasteiger partial charge in [0.15, 0.2) is 0 Å². The van der Waals surface area contributed by atoms with Gasteiger partial charge in [-0.15, -0.1) is 15.7 Å². The van der Waals surface area contributed by atoms with E-state index in [0.29, 0.717) is 0 Å². The standard InChI is InChI=1S/C19H22N3P/c1-5-14(8-10-17(6-2)22(3)4)7-9-16-11-15-12-18(23)13-20-19(15)21-16/h2,5,8,10,12-13,16-17H,11,23H2,1,3-4H3,(H,20,21)/b10-8-,14-5-. The van der Waals surface area contributed by atoms with Crippen molar-refractivity contribution in [3.63, 3.8) is 0 Å². The van der Waals surface area contributed by atoms with E-state index in [1.54, 1.807) is 0 Å². The van der Waals surface area contributed by atoms with Gasteiger partial charge in [-0.2, -0.15) is 0 Å². The normalized spacial score (nSPS) is 18.1. The number of rotatable bonds is 3. The summed E-state index contributed by atoms with van der Waals surface area (Å²) in [5.74, 6) is 10.2. The topological polar surface area (TPSA) is 28.2 Å². The molecule has 0 spiro atoms. The minimum atomic E-state index is -0.0229. The van der Waals surface area contributed by atoms with Crippen molar-refractivity contribution in [2.45, 2.75) is 25.4 Å². The highest BCUT2D eigenvalue weighted by molar-refractivity contribution is 7.27. The first kappa shape index (κ1) is 17.3. The van der Waals surface area contributed by atoms with Crippen molar-refractivity contribution >= 4 is 20.4 Å². The van der Waals surface area contributed by atoms with Crippen molar-refractivity contribution in [3.8, 4) is 24.2 Å². The molecule has 1 N–H and O–H groups in total. The molecule has 0 aliphatic carbocycles. The minimum Gasteiger partial charge on any atom is -0.356 e. The molecule has 2 rings (SSSR count). The summed E-state index contributed by atoms with van der Waals surface area (Å²) in [5, 5.41) is 4.45. The van der Waals surface area contributed by atoms with Crippen LogP contribution < -0.4 is 10.6 Å². The van der Waals surface area contributed by atoms with Crippen molar-refractivity contribution in [3.05, 3.63) is 41.6 Å². The van der Waals surface area contributed by atoms with Gasteiger partial charge in [0, 0.05) is 18.2 Å². The molecule has 1 aliphatic heterocycles. The Labute approximate surface area is 141 Å². The Morgan fingerprint density at radius 3 is 3.00 bits per heavy atom. The van der Waals surface area contributed by atoms with Crippen LogP contribution in [0.5, 0.6) is 0 Å². The molecule has 1 aromatic heterocycles. The zero-order valence-electron chi connectivity index (χ0n) is 13.8. The van der Waals surface area contributed by atoms with Gasteiger partial charge in [0.2, 0.25) is 0 Å². The van der Waals surface area contributed by atoms with E-state index in [1.807, 2.05) is 50.3 Å². The van der Waals surface area contributed by atoms with Crippen LogP contribution in [0.1, 0.15) is 12.5 Å². The highest BCUT2D eigenvalue weighted by atomic mass is 31.0. The number of allylic oxidation sites excluding steroid dienone is 3. The molecule has 3 nitrogen and oxygen atoms in total. The number of fused-ring (bicyclic) bond motifs is 1. The molecule has 1 aromatic rings. The monoisotopic (exact) mass is 323 g/mol. The molecule has 2 heterocycles. The van der Waals surface area contributed by atoms with E-state index in [9.17, 15) is 0 Å². The quantitative estimate of drug-likeness (QED) is 0.524. The fourth-order valence-corrected chi connectivity index (χ4v) is 2.57. The highest BCUT2D eigenvalue weighted by Crippen LogP contribution is 2.22. The second-order valence-electron chi connectivity index (χ2n) is 5.63. The van der Waals surface area contributed by atoms with Gasteiger partial charge in [-0.1, -0.05) is 29.9 Å². The van der Waals surface area contributed by atoms with E-state index in [1.165, 1.54) is 5.56 Å². The zero-order valence-corrected chi connectivity index (χ0v) is 15.0. The highest BCUT2D eigenvalue weighted by Gasteiger charge is 2.19. The van der Waals surface area contributed by atoms with Gasteiger partial charge in [0.05, 0.1) is 12.1 Å². The molecule has 0 saturated heterocycles. The van der Waals surface area contributed by atoms with Gasteiger partial charge in [-0.25, -0.2) is 4.98 Å². The molecule has 0 bridgehead atoms. The van der Waals surface area contributed by atoms with E-state index in [2.05, 4.69) is 43.4 Å². The van der Waals surface area contributed by atoms with Crippen LogP contribution in [0.4, 0.5) is 5.82 Å². The second-order valence-corrected chi connectivity index (χ2v) is 6.29. The smallest absolute Gasteiger partial charge is 0.130 e. The summed E-state index contributed by atoms with van der Waals surface area (Å²) >= 11 is 0. The van der Waals surface area contributed by atoms with Gasteiger partial charge >= 0.3 is 0 Å². The van der Waals surface area contributed by atoms with Crippen molar-refractivity contribution < 1.29 is 0 Å². The molecule has 23 heavy (non-hydrogen) atoms. The van der Waals surface area contributed by atoms with Gasteiger partial charge in [-0.05, 0) is 44.0 Å². The lowest BCUT2D eigenvalue weighted by molar-refractivity contribution is 0.400. The van der Waals surface area contributed by atoms with Crippen molar-refractivity contribution in [2.24, 2.45) is 0 Å². The maximum atomic E-state index is 5.52. The Morgan fingerprint density at radius 1 is 1.57 bits per heavy atom. The number of nitrogens with zero attached hydrogens (tertiary/aromatic N) is 2. The summed E-state index contributed by atoms with van der Waals surface area (Å²) < 4.78 is 0. The summed E-state index contributed by atoms with van der Waals surface area (Å²) in [7, 11) is 6.60. The summed E-state index contributed by atoms with van der Waals surface area (Å²) in [6, 6.07) is 2.21. The summed E-state index contributed by atoms with van der Waals surface area (Å²) in [4.78, 5) is 6.37. The van der Waals surface area contributed by atoms with Crippen LogP contribution in [0, 0.1) is 24.2 Å². The number of anilines is 1. The predicted octanol–water partition coefficient (Wildman–Crippen LogP) is 1.99. The molecule has 4 heteroatoms. The van der Waals surface area contributed by atoms with Gasteiger partial charge in [0.25, 0.3) is 0 Å². The molecular weight excluding hydrogens is 301 g/mol. The third kappa shape index (κ3) is 4.70. The predicted molar refractivity (Wildman–Crippen MR) is 102 cm³/mol. The lowest BCUT2D eigenvalue weighted by Crippen LogP contribution is -2.23. The van der Waals surface area contributed by atoms with Crippen LogP contribution in [0.25, 0.3) is 0 Å². The lowest BCUT2D eigenvalue weighted by atomic mass is 10.1. The Kier molecular flexibility index (Phi) is 6.00. The Hall–Kier alpha value is -2.06. The van der Waals surface area contributed by atoms with Crippen LogP contribution >= 0.6 is 9.24 Å². The number of hydrogen-bond acceptors (Lipinski definition) is 3. The van der Waals surface area contributed by atoms with Crippen molar-refractivity contribution in [1.82, 2.24) is 9.88 Å². The fraction of sp³-hybridized carbons (Fsp3) is 0.316. The van der Waals surface area contributed by atoms with Gasteiger partial charge < -0.3 is 5.32 Å². The number of terminal acetylenes is 1. The number of likely N-dealkylation sites (N-methyl/N-ethyl adjacent to an activating group) is 1. The number of pyridine rings is 1. The number of nitrogens with one attached hydrogen (secondary N) is 1. The molecule has 1 aliphatic rings. The van der Waals surface area contributed by atoms with Crippen LogP contribution in [0.15, 0.2) is 36.1 Å². The Balaban J connectivity index is 2.04. The first-order valence-electron chi connectivity index (χ1n) is 7.53. The van der Waals surface area contributed by atoms with E-state index < -0.39 is 0 Å². The summed E-state index contributed by atoms with van der Waals surface area (Å²) in [6.45, 7) is 1.98. The van der Waals surface area contributed by atoms with Crippen LogP contribution in [0.3, 0.4) is 0 Å². The SMILES string of the molecule is C#CC(/C=C\C(C#CC1Cc2cc(P)cnc2N1)=C/C)N(C)C. The summed E-state index contributed by atoms with van der Waals surface area (Å²) in [5.41, 5.74) is 2.18. The first-order chi connectivity index (χ1) is 11.0. The number of aromatic nitrogens is 1. The molecule has 0 saturated carbocycles. The molecule has 0 amide bonds. The minimum absolute atomic E-state index is 0.0229. The summed E-state index contributed by atoms with van der Waals surface area (Å²) in [6.07, 6.45) is 14.2. The molecule has 3 atom stereocenters. The van der Waals surface area contributed by atoms with Gasteiger partial charge in [-0.3, -0.25) is 4.90 Å². The fourth-order valence-electron chi connectivity index (χ4n) is 2.29. The van der Waals surface area contributed by atoms with Crippen LogP contribution in [0.2, 0.25) is 0 Å². The third-order valence-electron chi connectivity index (χ3n) is 3.61. The molecule has 0 radical (unpaired) electrons. The number of hydrogen-bond donors (Lipinski definition) is 1. The van der Waals surface area contributed by atoms with E-state index >= 15 is 0 Å². The average Bonchev–Trinajstić information content (AvgIpc) is 2.92. The maximum Gasteiger partial charge on any atom is 0.130 e. The van der Waals surface area contributed by atoms with E-state index in [4.69, 9.17) is 6.42 Å². The van der Waals surface area contributed by atoms with Crippen LogP contribution in [-0.2, 0) is 6.42 Å². The van der Waals surface area contributed by atoms with E-state index in [-0.39, 0.29) is 12.1 Å². The molecule has 0 aromatic carbocycles. The van der Waals surface area contributed by atoms with Crippen molar-refractivity contribution in [2.75, 3.05) is 19.4 Å². The average molecular weight is 323 g/mol. The van der Waals surface area contributed by atoms with E-state index in [0.717, 1.165) is 23.1 Å². The molecular formula is C19H22N3P. The maximum absolute atomic E-state index is 5.52. The first-order valence-corrected chi connectivity index (χ1v) is 8.10. The van der Waals surface area contributed by atoms with Gasteiger partial charge in [0.1, 0.15) is 5.82 Å². The van der Waals surface area contributed by atoms with Crippen LogP contribution in [-0.4, -0.2) is 36.1 Å². The lowest BCUT2D eigenvalue weighted by Gasteiger charge is -2.14. The third-order valence-corrected chi connectivity index (χ3v) is 3.93. The Morgan fingerprint density at radius 2 is 2.35 bits per heavy atom. The zero-order chi connectivity index (χ0) is 16.8. The Bertz CT molecular complexity index is 729. The largest absolute Gasteiger partial charge is 0.356 e. The molecule has 118 valence electrons. The second kappa shape index (κ2) is 7.98. The van der Waals surface area contributed by atoms with Crippen molar-refractivity contribution in [1.29, 1.82) is 0 Å².